The van der Waals surface area contributed by atoms with Gasteiger partial charge in [-0.1, -0.05) is 6.07 Å². The van der Waals surface area contributed by atoms with E-state index in [4.69, 9.17) is 4.74 Å². The van der Waals surface area contributed by atoms with Gasteiger partial charge in [0.25, 0.3) is 5.91 Å². The highest BCUT2D eigenvalue weighted by atomic mass is 32.2. The van der Waals surface area contributed by atoms with E-state index in [1.54, 1.807) is 25.1 Å². The SMILES string of the molecule is COCC(C)NS(=O)(=O)c1ccc(NC(=O)c2ccc(C)c(-n3cccc3)c2)cc1. The third-order valence-corrected chi connectivity index (χ3v) is 6.15. The Morgan fingerprint density at radius 3 is 2.40 bits per heavy atom. The number of aromatic nitrogens is 1. The Hall–Kier alpha value is -2.94. The van der Waals surface area contributed by atoms with Crippen LogP contribution in [0.2, 0.25) is 0 Å². The zero-order chi connectivity index (χ0) is 21.7. The van der Waals surface area contributed by atoms with Crippen LogP contribution in [-0.4, -0.2) is 38.7 Å². The minimum Gasteiger partial charge on any atom is -0.383 e. The summed E-state index contributed by atoms with van der Waals surface area (Å²) in [6.45, 7) is 3.98. The number of sulfonamides is 1. The Kier molecular flexibility index (Phi) is 6.71. The van der Waals surface area contributed by atoms with Crippen molar-refractivity contribution in [2.24, 2.45) is 0 Å². The lowest BCUT2D eigenvalue weighted by molar-refractivity contribution is 0.102. The summed E-state index contributed by atoms with van der Waals surface area (Å²) in [5, 5.41) is 2.81. The summed E-state index contributed by atoms with van der Waals surface area (Å²) >= 11 is 0. The fourth-order valence-electron chi connectivity index (χ4n) is 3.06. The van der Waals surface area contributed by atoms with Crippen molar-refractivity contribution in [1.29, 1.82) is 0 Å². The van der Waals surface area contributed by atoms with Crippen molar-refractivity contribution < 1.29 is 17.9 Å². The highest BCUT2D eigenvalue weighted by Crippen LogP contribution is 2.19. The van der Waals surface area contributed by atoms with E-state index in [1.165, 1.54) is 19.2 Å². The van der Waals surface area contributed by atoms with Gasteiger partial charge < -0.3 is 14.6 Å². The summed E-state index contributed by atoms with van der Waals surface area (Å²) in [5.41, 5.74) is 2.99. The van der Waals surface area contributed by atoms with E-state index in [1.807, 2.05) is 48.1 Å². The fraction of sp³-hybridized carbons (Fsp3) is 0.227. The van der Waals surface area contributed by atoms with Crippen LogP contribution in [0.3, 0.4) is 0 Å². The van der Waals surface area contributed by atoms with Crippen molar-refractivity contribution in [2.75, 3.05) is 19.0 Å². The summed E-state index contributed by atoms with van der Waals surface area (Å²) in [7, 11) is -2.15. The molecular formula is C22H25N3O4S. The van der Waals surface area contributed by atoms with E-state index in [-0.39, 0.29) is 23.5 Å². The van der Waals surface area contributed by atoms with E-state index >= 15 is 0 Å². The molecule has 0 aliphatic heterocycles. The number of hydrogen-bond acceptors (Lipinski definition) is 4. The molecule has 2 aromatic carbocycles. The predicted molar refractivity (Wildman–Crippen MR) is 117 cm³/mol. The third kappa shape index (κ3) is 5.15. The molecule has 2 N–H and O–H groups in total. The first-order valence-electron chi connectivity index (χ1n) is 9.47. The van der Waals surface area contributed by atoms with Crippen LogP contribution in [0.5, 0.6) is 0 Å². The second-order valence-corrected chi connectivity index (χ2v) is 8.76. The zero-order valence-electron chi connectivity index (χ0n) is 17.1. The van der Waals surface area contributed by atoms with E-state index in [2.05, 4.69) is 10.0 Å². The van der Waals surface area contributed by atoms with Gasteiger partial charge in [-0.2, -0.15) is 0 Å². The van der Waals surface area contributed by atoms with Crippen LogP contribution in [0.25, 0.3) is 5.69 Å². The van der Waals surface area contributed by atoms with Gasteiger partial charge in [-0.25, -0.2) is 13.1 Å². The second-order valence-electron chi connectivity index (χ2n) is 7.05. The molecule has 3 aromatic rings. The second kappa shape index (κ2) is 9.25. The van der Waals surface area contributed by atoms with Crippen LogP contribution in [-0.2, 0) is 14.8 Å². The number of carbonyl (C=O) groups excluding carboxylic acids is 1. The van der Waals surface area contributed by atoms with Crippen LogP contribution in [0, 0.1) is 6.92 Å². The first-order valence-corrected chi connectivity index (χ1v) is 10.9. The molecule has 0 saturated carbocycles. The Labute approximate surface area is 176 Å². The Morgan fingerprint density at radius 1 is 1.10 bits per heavy atom. The fourth-order valence-corrected chi connectivity index (χ4v) is 4.29. The maximum atomic E-state index is 12.7. The van der Waals surface area contributed by atoms with Crippen molar-refractivity contribution in [2.45, 2.75) is 24.8 Å². The molecule has 1 heterocycles. The molecular weight excluding hydrogens is 402 g/mol. The van der Waals surface area contributed by atoms with Crippen molar-refractivity contribution in [1.82, 2.24) is 9.29 Å². The number of nitrogens with one attached hydrogen (secondary N) is 2. The van der Waals surface area contributed by atoms with E-state index in [9.17, 15) is 13.2 Å². The number of aryl methyl sites for hydroxylation is 1. The Bertz CT molecular complexity index is 1110. The molecule has 158 valence electrons. The molecule has 0 spiro atoms. The van der Waals surface area contributed by atoms with Crippen molar-refractivity contribution >= 4 is 21.6 Å². The quantitative estimate of drug-likeness (QED) is 0.577. The Morgan fingerprint density at radius 2 is 1.77 bits per heavy atom. The van der Waals surface area contributed by atoms with Gasteiger partial charge in [0.1, 0.15) is 0 Å². The summed E-state index contributed by atoms with van der Waals surface area (Å²) in [6, 6.07) is 15.0. The lowest BCUT2D eigenvalue weighted by Crippen LogP contribution is -2.35. The molecule has 0 radical (unpaired) electrons. The highest BCUT2D eigenvalue weighted by Gasteiger charge is 2.17. The first-order chi connectivity index (χ1) is 14.3. The molecule has 8 heteroatoms. The number of anilines is 1. The number of rotatable bonds is 8. The summed E-state index contributed by atoms with van der Waals surface area (Å²) < 4.78 is 34.2. The minimum absolute atomic E-state index is 0.119. The number of methoxy groups -OCH3 is 1. The first kappa shape index (κ1) is 21.8. The molecule has 3 rings (SSSR count). The van der Waals surface area contributed by atoms with Gasteiger partial charge in [0, 0.05) is 42.5 Å². The van der Waals surface area contributed by atoms with Crippen molar-refractivity contribution in [3.8, 4) is 5.69 Å². The average molecular weight is 428 g/mol. The molecule has 0 aliphatic carbocycles. The van der Waals surface area contributed by atoms with E-state index in [0.29, 0.717) is 11.3 Å². The van der Waals surface area contributed by atoms with E-state index in [0.717, 1.165) is 11.3 Å². The van der Waals surface area contributed by atoms with E-state index < -0.39 is 10.0 Å². The maximum absolute atomic E-state index is 12.7. The number of ether oxygens (including phenoxy) is 1. The number of amides is 1. The van der Waals surface area contributed by atoms with Crippen LogP contribution < -0.4 is 10.0 Å². The summed E-state index contributed by atoms with van der Waals surface area (Å²) in [6.07, 6.45) is 3.84. The van der Waals surface area contributed by atoms with Crippen molar-refractivity contribution in [3.63, 3.8) is 0 Å². The molecule has 0 fully saturated rings. The summed E-state index contributed by atoms with van der Waals surface area (Å²) in [4.78, 5) is 12.8. The van der Waals surface area contributed by atoms with Crippen LogP contribution >= 0.6 is 0 Å². The molecule has 1 aromatic heterocycles. The van der Waals surface area contributed by atoms with Gasteiger partial charge in [-0.15, -0.1) is 0 Å². The van der Waals surface area contributed by atoms with Gasteiger partial charge in [-0.05, 0) is 67.9 Å². The number of carbonyl (C=O) groups is 1. The smallest absolute Gasteiger partial charge is 0.255 e. The lowest BCUT2D eigenvalue weighted by atomic mass is 10.1. The standard InChI is InChI=1S/C22H25N3O4S/c1-16-6-7-18(14-21(16)25-12-4-5-13-25)22(26)23-19-8-10-20(11-9-19)30(27,28)24-17(2)15-29-3/h4-14,17,24H,15H2,1-3H3,(H,23,26). The van der Waals surface area contributed by atoms with Crippen LogP contribution in [0.4, 0.5) is 5.69 Å². The summed E-state index contributed by atoms with van der Waals surface area (Å²) in [5.74, 6) is -0.272. The normalized spacial score (nSPS) is 12.5. The van der Waals surface area contributed by atoms with Crippen LogP contribution in [0.1, 0.15) is 22.8 Å². The number of nitrogens with zero attached hydrogens (tertiary/aromatic N) is 1. The predicted octanol–water partition coefficient (Wildman–Crippen LogP) is 3.35. The topological polar surface area (TPSA) is 89.4 Å². The van der Waals surface area contributed by atoms with Crippen molar-refractivity contribution in [3.05, 3.63) is 78.1 Å². The molecule has 0 aliphatic rings. The maximum Gasteiger partial charge on any atom is 0.255 e. The molecule has 1 amide bonds. The van der Waals surface area contributed by atoms with Gasteiger partial charge >= 0.3 is 0 Å². The van der Waals surface area contributed by atoms with Crippen LogP contribution in [0.15, 0.2) is 71.9 Å². The Balaban J connectivity index is 1.73. The monoisotopic (exact) mass is 427 g/mol. The number of benzene rings is 2. The molecule has 0 saturated heterocycles. The van der Waals surface area contributed by atoms with Gasteiger partial charge in [0.05, 0.1) is 11.5 Å². The highest BCUT2D eigenvalue weighted by molar-refractivity contribution is 7.89. The minimum atomic E-state index is -3.66. The largest absolute Gasteiger partial charge is 0.383 e. The molecule has 1 unspecified atom stereocenters. The lowest BCUT2D eigenvalue weighted by Gasteiger charge is -2.14. The molecule has 7 nitrogen and oxygen atoms in total. The molecule has 30 heavy (non-hydrogen) atoms. The van der Waals surface area contributed by atoms with Gasteiger partial charge in [0.15, 0.2) is 0 Å². The molecule has 0 bridgehead atoms. The zero-order valence-corrected chi connectivity index (χ0v) is 17.9. The number of hydrogen-bond donors (Lipinski definition) is 2. The molecule has 1 atom stereocenters. The van der Waals surface area contributed by atoms with Gasteiger partial charge in [0.2, 0.25) is 10.0 Å². The third-order valence-electron chi connectivity index (χ3n) is 4.55. The van der Waals surface area contributed by atoms with Gasteiger partial charge in [-0.3, -0.25) is 4.79 Å². The average Bonchev–Trinajstić information content (AvgIpc) is 3.23.